The normalized spacial score (nSPS) is 21.4. The fourth-order valence-electron chi connectivity index (χ4n) is 3.81. The van der Waals surface area contributed by atoms with Crippen molar-refractivity contribution in [1.82, 2.24) is 0 Å². The Bertz CT molecular complexity index is 742. The van der Waals surface area contributed by atoms with Gasteiger partial charge in [-0.25, -0.2) is 0 Å². The van der Waals surface area contributed by atoms with E-state index in [4.69, 9.17) is 9.31 Å². The predicted molar refractivity (Wildman–Crippen MR) is 113 cm³/mol. The Morgan fingerprint density at radius 2 is 1.19 bits per heavy atom. The van der Waals surface area contributed by atoms with Crippen LogP contribution in [0, 0.1) is 0 Å². The summed E-state index contributed by atoms with van der Waals surface area (Å²) in [5.74, 6) is 0. The summed E-state index contributed by atoms with van der Waals surface area (Å²) in [5.41, 5.74) is 0.614. The van der Waals surface area contributed by atoms with E-state index in [2.05, 4.69) is 108 Å². The molecule has 1 aliphatic rings. The summed E-state index contributed by atoms with van der Waals surface area (Å²) >= 11 is 0. The Balaban J connectivity index is 2.17. The lowest BCUT2D eigenvalue weighted by Crippen LogP contribution is -2.66. The first-order valence-corrected chi connectivity index (χ1v) is 12.5. The molecule has 0 radical (unpaired) electrons. The topological polar surface area (TPSA) is 18.5 Å². The molecule has 2 nitrogen and oxygen atoms in total. The Hall–Kier alpha value is -1.36. The van der Waals surface area contributed by atoms with Crippen LogP contribution in [0.4, 0.5) is 0 Å². The maximum absolute atomic E-state index is 6.60. The highest BCUT2D eigenvalue weighted by atomic mass is 28.3. The average Bonchev–Trinajstić information content (AvgIpc) is 2.83. The quantitative estimate of drug-likeness (QED) is 0.729. The summed E-state index contributed by atoms with van der Waals surface area (Å²) in [6, 6.07) is 21.7. The van der Waals surface area contributed by atoms with Crippen LogP contribution in [0.2, 0.25) is 13.1 Å². The minimum Gasteiger partial charge on any atom is -0.403 e. The molecule has 0 amide bonds. The van der Waals surface area contributed by atoms with Crippen molar-refractivity contribution < 1.29 is 9.31 Å². The summed E-state index contributed by atoms with van der Waals surface area (Å²) in [4.78, 5) is -0.222. The minimum absolute atomic E-state index is 0.222. The molecule has 4 heteroatoms. The fourth-order valence-corrected chi connectivity index (χ4v) is 7.03. The van der Waals surface area contributed by atoms with Crippen molar-refractivity contribution in [2.24, 2.45) is 0 Å². The van der Waals surface area contributed by atoms with Crippen molar-refractivity contribution in [3.8, 4) is 0 Å². The Morgan fingerprint density at radius 3 is 1.65 bits per heavy atom. The zero-order valence-corrected chi connectivity index (χ0v) is 18.2. The van der Waals surface area contributed by atoms with Gasteiger partial charge in [0.25, 0.3) is 0 Å². The molecule has 1 unspecified atom stereocenters. The lowest BCUT2D eigenvalue weighted by atomic mass is 9.67. The van der Waals surface area contributed by atoms with Crippen molar-refractivity contribution in [3.63, 3.8) is 0 Å². The number of benzene rings is 2. The van der Waals surface area contributed by atoms with Gasteiger partial charge in [0.2, 0.25) is 0 Å². The molecule has 1 atom stereocenters. The fraction of sp³-hybridized carbons (Fsp3) is 0.455. The molecule has 1 fully saturated rings. The minimum atomic E-state index is -2.01. The molecule has 1 aliphatic heterocycles. The van der Waals surface area contributed by atoms with Crippen LogP contribution in [0.3, 0.4) is 0 Å². The number of rotatable bonds is 4. The van der Waals surface area contributed by atoms with Crippen LogP contribution in [0.25, 0.3) is 0 Å². The van der Waals surface area contributed by atoms with E-state index in [9.17, 15) is 0 Å². The van der Waals surface area contributed by atoms with E-state index in [0.717, 1.165) is 0 Å². The smallest absolute Gasteiger partial charge is 0.403 e. The first kappa shape index (κ1) is 19.4. The van der Waals surface area contributed by atoms with Crippen LogP contribution < -0.4 is 5.19 Å². The van der Waals surface area contributed by atoms with Crippen molar-refractivity contribution in [2.45, 2.75) is 63.9 Å². The summed E-state index contributed by atoms with van der Waals surface area (Å²) in [5, 5.41) is 1.42. The third-order valence-electron chi connectivity index (χ3n) is 6.89. The third-order valence-corrected chi connectivity index (χ3v) is 11.8. The molecule has 0 bridgehead atoms. The number of hydrogen-bond donors (Lipinski definition) is 0. The molecule has 1 saturated heterocycles. The Morgan fingerprint density at radius 1 is 0.769 bits per heavy atom. The SMILES string of the molecule is CC1(C)OB(C(C)(c2ccccc2)[Si](C)(C)c2ccccc2)OC1(C)C. The second kappa shape index (κ2) is 6.36. The Labute approximate surface area is 160 Å². The van der Waals surface area contributed by atoms with Crippen molar-refractivity contribution >= 4 is 20.4 Å². The van der Waals surface area contributed by atoms with Gasteiger partial charge >= 0.3 is 7.12 Å². The van der Waals surface area contributed by atoms with Crippen molar-refractivity contribution in [1.29, 1.82) is 0 Å². The molecule has 0 saturated carbocycles. The van der Waals surface area contributed by atoms with Crippen LogP contribution in [-0.2, 0) is 14.2 Å². The zero-order chi connectivity index (χ0) is 19.2. The lowest BCUT2D eigenvalue weighted by Gasteiger charge is -2.44. The van der Waals surface area contributed by atoms with Crippen LogP contribution in [0.15, 0.2) is 60.7 Å². The van der Waals surface area contributed by atoms with E-state index in [0.29, 0.717) is 0 Å². The van der Waals surface area contributed by atoms with Crippen LogP contribution in [0.1, 0.15) is 40.2 Å². The third kappa shape index (κ3) is 2.88. The molecule has 138 valence electrons. The molecule has 0 N–H and O–H groups in total. The first-order chi connectivity index (χ1) is 12.0. The average molecular weight is 366 g/mol. The lowest BCUT2D eigenvalue weighted by molar-refractivity contribution is 0.00578. The van der Waals surface area contributed by atoms with Gasteiger partial charge in [0, 0.05) is 4.94 Å². The molecule has 0 aromatic heterocycles. The van der Waals surface area contributed by atoms with E-state index in [1.165, 1.54) is 10.8 Å². The summed E-state index contributed by atoms with van der Waals surface area (Å²) in [6.07, 6.45) is 0. The zero-order valence-electron chi connectivity index (χ0n) is 17.2. The second-order valence-electron chi connectivity index (χ2n) is 9.15. The largest absolute Gasteiger partial charge is 0.466 e. The van der Waals surface area contributed by atoms with Gasteiger partial charge in [0.1, 0.15) is 0 Å². The van der Waals surface area contributed by atoms with Gasteiger partial charge < -0.3 is 9.31 Å². The standard InChI is InChI=1S/C22H31BO2Si/c1-20(2)21(3,4)25-23(24-20)22(5,18-14-10-8-11-15-18)26(6,7)19-16-12-9-13-17-19/h8-17H,1-7H3. The molecule has 26 heavy (non-hydrogen) atoms. The molecule has 2 aromatic carbocycles. The van der Waals surface area contributed by atoms with Crippen LogP contribution >= 0.6 is 0 Å². The van der Waals surface area contributed by atoms with E-state index in [1.807, 2.05) is 0 Å². The van der Waals surface area contributed by atoms with E-state index < -0.39 is 8.07 Å². The van der Waals surface area contributed by atoms with E-state index >= 15 is 0 Å². The monoisotopic (exact) mass is 366 g/mol. The first-order valence-electron chi connectivity index (χ1n) is 9.49. The van der Waals surface area contributed by atoms with E-state index in [1.54, 1.807) is 0 Å². The highest BCUT2D eigenvalue weighted by Gasteiger charge is 2.63. The van der Waals surface area contributed by atoms with Gasteiger partial charge in [-0.3, -0.25) is 0 Å². The second-order valence-corrected chi connectivity index (χ2v) is 14.0. The van der Waals surface area contributed by atoms with Crippen LogP contribution in [-0.4, -0.2) is 26.4 Å². The van der Waals surface area contributed by atoms with Gasteiger partial charge in [-0.2, -0.15) is 0 Å². The molecular weight excluding hydrogens is 335 g/mol. The summed E-state index contributed by atoms with van der Waals surface area (Å²) in [7, 11) is -2.29. The van der Waals surface area contributed by atoms with Gasteiger partial charge in [0.05, 0.1) is 19.3 Å². The van der Waals surface area contributed by atoms with Crippen molar-refractivity contribution in [3.05, 3.63) is 66.2 Å². The predicted octanol–water partition coefficient (Wildman–Crippen LogP) is 4.73. The maximum atomic E-state index is 6.60. The maximum Gasteiger partial charge on any atom is 0.466 e. The molecule has 0 spiro atoms. The molecule has 1 heterocycles. The molecule has 2 aromatic rings. The molecule has 0 aliphatic carbocycles. The summed E-state index contributed by atoms with van der Waals surface area (Å²) in [6.45, 7) is 15.7. The highest BCUT2D eigenvalue weighted by molar-refractivity contribution is 6.99. The van der Waals surface area contributed by atoms with Crippen LogP contribution in [0.5, 0.6) is 0 Å². The van der Waals surface area contributed by atoms with Gasteiger partial charge in [-0.05, 0) is 33.3 Å². The Kier molecular flexibility index (Phi) is 4.75. The highest BCUT2D eigenvalue weighted by Crippen LogP contribution is 2.46. The van der Waals surface area contributed by atoms with Gasteiger partial charge in [-0.15, -0.1) is 0 Å². The van der Waals surface area contributed by atoms with Gasteiger partial charge in [0.15, 0.2) is 0 Å². The van der Waals surface area contributed by atoms with Crippen molar-refractivity contribution in [2.75, 3.05) is 0 Å². The molecular formula is C22H31BO2Si. The van der Waals surface area contributed by atoms with Gasteiger partial charge in [-0.1, -0.05) is 85.9 Å². The van der Waals surface area contributed by atoms with E-state index in [-0.39, 0.29) is 23.3 Å². The molecule has 3 rings (SSSR count). The summed E-state index contributed by atoms with van der Waals surface area (Å²) < 4.78 is 13.2. The number of hydrogen-bond acceptors (Lipinski definition) is 2.